The second-order valence-electron chi connectivity index (χ2n) is 6.06. The Morgan fingerprint density at radius 3 is 2.42 bits per heavy atom. The Morgan fingerprint density at radius 2 is 1.74 bits per heavy atom. The van der Waals surface area contributed by atoms with E-state index in [0.717, 1.165) is 12.8 Å². The highest BCUT2D eigenvalue weighted by Gasteiger charge is 2.26. The summed E-state index contributed by atoms with van der Waals surface area (Å²) >= 11 is 0. The van der Waals surface area contributed by atoms with Gasteiger partial charge >= 0.3 is 0 Å². The number of nitrogens with zero attached hydrogens (tertiary/aromatic N) is 1. The van der Waals surface area contributed by atoms with Crippen LogP contribution < -0.4 is 5.32 Å². The Labute approximate surface area is 117 Å². The predicted octanol–water partition coefficient (Wildman–Crippen LogP) is 1.42. The molecule has 0 saturated carbocycles. The van der Waals surface area contributed by atoms with Crippen LogP contribution in [0.5, 0.6) is 0 Å². The van der Waals surface area contributed by atoms with Gasteiger partial charge in [-0.1, -0.05) is 6.92 Å². The average molecular weight is 288 g/mol. The van der Waals surface area contributed by atoms with Crippen molar-refractivity contribution in [3.63, 3.8) is 0 Å². The van der Waals surface area contributed by atoms with Crippen molar-refractivity contribution < 1.29 is 8.42 Å². The van der Waals surface area contributed by atoms with Crippen LogP contribution in [0.15, 0.2) is 0 Å². The van der Waals surface area contributed by atoms with Gasteiger partial charge in [-0.15, -0.1) is 0 Å². The lowest BCUT2D eigenvalue weighted by molar-refractivity contribution is 0.280. The summed E-state index contributed by atoms with van der Waals surface area (Å²) < 4.78 is 22.8. The molecule has 0 spiro atoms. The lowest BCUT2D eigenvalue weighted by atomic mass is 10.1. The maximum Gasteiger partial charge on any atom is 0.150 e. The summed E-state index contributed by atoms with van der Waals surface area (Å²) in [6.45, 7) is 5.87. The number of rotatable bonds is 4. The molecule has 0 aromatic heterocycles. The lowest BCUT2D eigenvalue weighted by Gasteiger charge is -2.28. The molecule has 1 unspecified atom stereocenters. The fraction of sp³-hybridized carbons (Fsp3) is 1.00. The van der Waals surface area contributed by atoms with E-state index in [2.05, 4.69) is 17.1 Å². The van der Waals surface area contributed by atoms with Gasteiger partial charge in [0.1, 0.15) is 9.84 Å². The SMILES string of the molecule is CCCN1CCCC(NC2CCS(=O)(=O)CC2)CC1. The van der Waals surface area contributed by atoms with E-state index in [-0.39, 0.29) is 0 Å². The van der Waals surface area contributed by atoms with Gasteiger partial charge in [-0.25, -0.2) is 8.42 Å². The van der Waals surface area contributed by atoms with E-state index in [1.54, 1.807) is 0 Å². The van der Waals surface area contributed by atoms with E-state index < -0.39 is 9.84 Å². The predicted molar refractivity (Wildman–Crippen MR) is 79.2 cm³/mol. The minimum Gasteiger partial charge on any atom is -0.311 e. The third-order valence-electron chi connectivity index (χ3n) is 4.39. The van der Waals surface area contributed by atoms with Crippen molar-refractivity contribution in [2.45, 2.75) is 57.5 Å². The van der Waals surface area contributed by atoms with Gasteiger partial charge in [-0.2, -0.15) is 0 Å². The first-order chi connectivity index (χ1) is 9.09. The standard InChI is InChI=1S/C14H28N2O2S/c1-2-8-16-9-3-4-13(5-10-16)15-14-6-11-19(17,18)12-7-14/h13-15H,2-12H2,1H3. The van der Waals surface area contributed by atoms with Gasteiger partial charge in [-0.05, 0) is 58.2 Å². The van der Waals surface area contributed by atoms with Crippen LogP contribution in [0.1, 0.15) is 45.4 Å². The Morgan fingerprint density at radius 1 is 1.05 bits per heavy atom. The fourth-order valence-corrected chi connectivity index (χ4v) is 4.74. The molecule has 2 saturated heterocycles. The van der Waals surface area contributed by atoms with Crippen molar-refractivity contribution in [2.75, 3.05) is 31.1 Å². The zero-order chi connectivity index (χ0) is 13.7. The van der Waals surface area contributed by atoms with E-state index in [1.807, 2.05) is 0 Å². The first-order valence-corrected chi connectivity index (χ1v) is 9.60. The minimum absolute atomic E-state index is 0.374. The fourth-order valence-electron chi connectivity index (χ4n) is 3.25. The van der Waals surface area contributed by atoms with Crippen molar-refractivity contribution in [3.05, 3.63) is 0 Å². The zero-order valence-corrected chi connectivity index (χ0v) is 12.9. The molecule has 19 heavy (non-hydrogen) atoms. The van der Waals surface area contributed by atoms with Gasteiger partial charge in [0.2, 0.25) is 0 Å². The summed E-state index contributed by atoms with van der Waals surface area (Å²) in [5, 5.41) is 3.71. The van der Waals surface area contributed by atoms with Gasteiger partial charge in [0, 0.05) is 12.1 Å². The highest BCUT2D eigenvalue weighted by atomic mass is 32.2. The summed E-state index contributed by atoms with van der Waals surface area (Å²) in [6.07, 6.45) is 6.56. The molecule has 2 aliphatic rings. The van der Waals surface area contributed by atoms with E-state index in [1.165, 1.54) is 45.3 Å². The van der Waals surface area contributed by atoms with Crippen molar-refractivity contribution in [1.82, 2.24) is 10.2 Å². The van der Waals surface area contributed by atoms with Gasteiger partial charge < -0.3 is 10.2 Å². The Balaban J connectivity index is 1.74. The Hall–Kier alpha value is -0.130. The second-order valence-corrected chi connectivity index (χ2v) is 8.37. The molecule has 2 rings (SSSR count). The van der Waals surface area contributed by atoms with Gasteiger partial charge in [0.05, 0.1) is 11.5 Å². The molecule has 2 heterocycles. The summed E-state index contributed by atoms with van der Waals surface area (Å²) in [4.78, 5) is 2.56. The molecule has 1 atom stereocenters. The van der Waals surface area contributed by atoms with E-state index in [9.17, 15) is 8.42 Å². The van der Waals surface area contributed by atoms with Crippen LogP contribution in [-0.4, -0.2) is 56.5 Å². The first kappa shape index (κ1) is 15.3. The first-order valence-electron chi connectivity index (χ1n) is 7.78. The van der Waals surface area contributed by atoms with Gasteiger partial charge in [0.15, 0.2) is 0 Å². The molecule has 0 aromatic carbocycles. The molecule has 5 heteroatoms. The summed E-state index contributed by atoms with van der Waals surface area (Å²) in [7, 11) is -2.73. The quantitative estimate of drug-likeness (QED) is 0.850. The zero-order valence-electron chi connectivity index (χ0n) is 12.1. The van der Waals surface area contributed by atoms with Crippen LogP contribution in [0.4, 0.5) is 0 Å². The average Bonchev–Trinajstić information content (AvgIpc) is 2.58. The van der Waals surface area contributed by atoms with E-state index in [4.69, 9.17) is 0 Å². The number of sulfone groups is 1. The van der Waals surface area contributed by atoms with E-state index in [0.29, 0.717) is 23.6 Å². The molecule has 0 amide bonds. The molecular formula is C14H28N2O2S. The van der Waals surface area contributed by atoms with Gasteiger partial charge in [0.25, 0.3) is 0 Å². The number of likely N-dealkylation sites (tertiary alicyclic amines) is 1. The number of nitrogens with one attached hydrogen (secondary N) is 1. The van der Waals surface area contributed by atoms with Crippen molar-refractivity contribution in [2.24, 2.45) is 0 Å². The summed E-state index contributed by atoms with van der Waals surface area (Å²) in [5.74, 6) is 0.749. The topological polar surface area (TPSA) is 49.4 Å². The highest BCUT2D eigenvalue weighted by Crippen LogP contribution is 2.17. The largest absolute Gasteiger partial charge is 0.311 e. The molecule has 2 aliphatic heterocycles. The maximum absolute atomic E-state index is 11.4. The maximum atomic E-state index is 11.4. The smallest absolute Gasteiger partial charge is 0.150 e. The Bertz CT molecular complexity index is 356. The van der Waals surface area contributed by atoms with Crippen LogP contribution in [0.3, 0.4) is 0 Å². The monoisotopic (exact) mass is 288 g/mol. The number of hydrogen-bond donors (Lipinski definition) is 1. The summed E-state index contributed by atoms with van der Waals surface area (Å²) in [6, 6.07) is 1.01. The molecule has 1 N–H and O–H groups in total. The van der Waals surface area contributed by atoms with Crippen LogP contribution in [0, 0.1) is 0 Å². The van der Waals surface area contributed by atoms with Crippen molar-refractivity contribution >= 4 is 9.84 Å². The summed E-state index contributed by atoms with van der Waals surface area (Å²) in [5.41, 5.74) is 0. The highest BCUT2D eigenvalue weighted by molar-refractivity contribution is 7.91. The number of hydrogen-bond acceptors (Lipinski definition) is 4. The lowest BCUT2D eigenvalue weighted by Crippen LogP contribution is -2.43. The van der Waals surface area contributed by atoms with Crippen LogP contribution in [0.2, 0.25) is 0 Å². The Kier molecular flexibility index (Phi) is 5.66. The minimum atomic E-state index is -2.73. The molecule has 2 fully saturated rings. The molecule has 4 nitrogen and oxygen atoms in total. The molecule has 0 bridgehead atoms. The van der Waals surface area contributed by atoms with Crippen LogP contribution in [-0.2, 0) is 9.84 Å². The van der Waals surface area contributed by atoms with Crippen LogP contribution >= 0.6 is 0 Å². The van der Waals surface area contributed by atoms with Crippen LogP contribution in [0.25, 0.3) is 0 Å². The van der Waals surface area contributed by atoms with E-state index >= 15 is 0 Å². The third-order valence-corrected chi connectivity index (χ3v) is 6.10. The van der Waals surface area contributed by atoms with Gasteiger partial charge in [-0.3, -0.25) is 0 Å². The van der Waals surface area contributed by atoms with Crippen molar-refractivity contribution in [1.29, 1.82) is 0 Å². The molecule has 112 valence electrons. The normalized spacial score (nSPS) is 30.1. The molecular weight excluding hydrogens is 260 g/mol. The third kappa shape index (κ3) is 5.04. The molecule has 0 aromatic rings. The second kappa shape index (κ2) is 7.04. The molecule has 0 aliphatic carbocycles. The van der Waals surface area contributed by atoms with Crippen molar-refractivity contribution in [3.8, 4) is 0 Å². The molecule has 0 radical (unpaired) electrons.